The first-order valence-electron chi connectivity index (χ1n) is 8.78. The van der Waals surface area contributed by atoms with Crippen LogP contribution in [0, 0.1) is 27.6 Å². The van der Waals surface area contributed by atoms with Crippen molar-refractivity contribution in [2.24, 2.45) is 0 Å². The van der Waals surface area contributed by atoms with Gasteiger partial charge in [0, 0.05) is 29.0 Å². The van der Waals surface area contributed by atoms with E-state index in [9.17, 15) is 37.7 Å². The van der Waals surface area contributed by atoms with Crippen molar-refractivity contribution in [3.63, 3.8) is 0 Å². The molecule has 1 unspecified atom stereocenters. The predicted octanol–water partition coefficient (Wildman–Crippen LogP) is 3.78. The standard InChI is InChI=1S/C20H14F3N3O5/c1-9-16(10(2)27)18(12-7-14(21)17(23)15(22)8-12)25(20(29)24-9)19(28)11-3-5-13(6-4-11)26(30)31/h3-8,18H,1-2H3,(H,24,29). The molecule has 0 saturated heterocycles. The maximum absolute atomic E-state index is 13.9. The van der Waals surface area contributed by atoms with Gasteiger partial charge in [-0.1, -0.05) is 0 Å². The number of non-ortho nitro benzene ring substituents is 1. The molecule has 1 heterocycles. The zero-order valence-electron chi connectivity index (χ0n) is 16.1. The van der Waals surface area contributed by atoms with Gasteiger partial charge in [0.2, 0.25) is 0 Å². The molecule has 0 bridgehead atoms. The van der Waals surface area contributed by atoms with E-state index in [1.807, 2.05) is 0 Å². The largest absolute Gasteiger partial charge is 0.329 e. The summed E-state index contributed by atoms with van der Waals surface area (Å²) in [7, 11) is 0. The van der Waals surface area contributed by atoms with Gasteiger partial charge < -0.3 is 5.32 Å². The lowest BCUT2D eigenvalue weighted by atomic mass is 9.90. The van der Waals surface area contributed by atoms with E-state index in [1.165, 1.54) is 6.92 Å². The summed E-state index contributed by atoms with van der Waals surface area (Å²) in [5.74, 6) is -6.47. The van der Waals surface area contributed by atoms with E-state index >= 15 is 0 Å². The number of amides is 3. The maximum Gasteiger partial charge on any atom is 0.329 e. The van der Waals surface area contributed by atoms with E-state index in [4.69, 9.17) is 0 Å². The molecule has 0 aromatic heterocycles. The second-order valence-corrected chi connectivity index (χ2v) is 6.71. The first kappa shape index (κ1) is 21.7. The van der Waals surface area contributed by atoms with Crippen molar-refractivity contribution in [1.29, 1.82) is 0 Å². The molecule has 1 N–H and O–H groups in total. The molecule has 3 amide bonds. The van der Waals surface area contributed by atoms with E-state index in [2.05, 4.69) is 5.32 Å². The Kier molecular flexibility index (Phi) is 5.60. The zero-order valence-corrected chi connectivity index (χ0v) is 16.1. The fourth-order valence-electron chi connectivity index (χ4n) is 3.32. The van der Waals surface area contributed by atoms with Crippen molar-refractivity contribution in [3.05, 3.63) is 86.4 Å². The first-order valence-corrected chi connectivity index (χ1v) is 8.78. The highest BCUT2D eigenvalue weighted by molar-refractivity contribution is 6.08. The van der Waals surface area contributed by atoms with Crippen molar-refractivity contribution in [2.45, 2.75) is 19.9 Å². The van der Waals surface area contributed by atoms with Crippen molar-refractivity contribution in [1.82, 2.24) is 10.2 Å². The van der Waals surface area contributed by atoms with Crippen LogP contribution in [0.3, 0.4) is 0 Å². The summed E-state index contributed by atoms with van der Waals surface area (Å²) in [6.07, 6.45) is 0. The summed E-state index contributed by atoms with van der Waals surface area (Å²) >= 11 is 0. The van der Waals surface area contributed by atoms with Gasteiger partial charge in [0.15, 0.2) is 23.2 Å². The Morgan fingerprint density at radius 2 is 1.65 bits per heavy atom. The number of nitrogens with zero attached hydrogens (tertiary/aromatic N) is 2. The zero-order chi connectivity index (χ0) is 23.0. The number of nitro groups is 1. The van der Waals surface area contributed by atoms with Crippen molar-refractivity contribution < 1.29 is 32.5 Å². The number of carbonyl (C=O) groups is 3. The quantitative estimate of drug-likeness (QED) is 0.448. The van der Waals surface area contributed by atoms with E-state index in [1.54, 1.807) is 0 Å². The van der Waals surface area contributed by atoms with Gasteiger partial charge in [-0.05, 0) is 43.7 Å². The Balaban J connectivity index is 2.18. The third-order valence-electron chi connectivity index (χ3n) is 4.69. The molecule has 0 saturated carbocycles. The average molecular weight is 433 g/mol. The maximum atomic E-state index is 13.9. The highest BCUT2D eigenvalue weighted by atomic mass is 19.2. The number of hydrogen-bond acceptors (Lipinski definition) is 5. The topological polar surface area (TPSA) is 110 Å². The number of imide groups is 1. The number of ketones is 1. The van der Waals surface area contributed by atoms with Crippen LogP contribution in [0.5, 0.6) is 0 Å². The number of carbonyl (C=O) groups excluding carboxylic acids is 3. The number of benzene rings is 2. The van der Waals surface area contributed by atoms with Crippen LogP contribution in [0.25, 0.3) is 0 Å². The average Bonchev–Trinajstić information content (AvgIpc) is 2.70. The van der Waals surface area contributed by atoms with Gasteiger partial charge in [-0.15, -0.1) is 0 Å². The second-order valence-electron chi connectivity index (χ2n) is 6.71. The molecule has 8 nitrogen and oxygen atoms in total. The minimum absolute atomic E-state index is 0.0559. The molecule has 2 aromatic carbocycles. The number of Topliss-reactive ketones (excluding diaryl/α,β-unsaturated/α-hetero) is 1. The third kappa shape index (κ3) is 3.89. The van der Waals surface area contributed by atoms with Gasteiger partial charge in [-0.3, -0.25) is 19.7 Å². The Hall–Kier alpha value is -4.02. The summed E-state index contributed by atoms with van der Waals surface area (Å²) in [5.41, 5.74) is -0.887. The van der Waals surface area contributed by atoms with Crippen molar-refractivity contribution in [3.8, 4) is 0 Å². The second kappa shape index (κ2) is 8.01. The van der Waals surface area contributed by atoms with Crippen LogP contribution in [-0.4, -0.2) is 27.5 Å². The molecule has 160 valence electrons. The summed E-state index contributed by atoms with van der Waals surface area (Å²) in [6.45, 7) is 2.50. The number of allylic oxidation sites excluding steroid dienone is 1. The molecule has 0 radical (unpaired) electrons. The molecule has 31 heavy (non-hydrogen) atoms. The summed E-state index contributed by atoms with van der Waals surface area (Å²) < 4.78 is 41.3. The van der Waals surface area contributed by atoms with E-state index in [-0.39, 0.29) is 28.1 Å². The normalized spacial score (nSPS) is 16.2. The Labute approximate surface area is 173 Å². The Morgan fingerprint density at radius 1 is 1.10 bits per heavy atom. The van der Waals surface area contributed by atoms with Crippen LogP contribution in [0.1, 0.15) is 35.8 Å². The first-order chi connectivity index (χ1) is 14.5. The van der Waals surface area contributed by atoms with Gasteiger partial charge in [0.25, 0.3) is 11.6 Å². The molecule has 0 fully saturated rings. The van der Waals surface area contributed by atoms with Crippen LogP contribution >= 0.6 is 0 Å². The summed E-state index contributed by atoms with van der Waals surface area (Å²) in [5, 5.41) is 13.2. The molecule has 1 aliphatic rings. The Morgan fingerprint density at radius 3 is 2.13 bits per heavy atom. The van der Waals surface area contributed by atoms with Crippen LogP contribution in [0.15, 0.2) is 47.7 Å². The van der Waals surface area contributed by atoms with Gasteiger partial charge in [-0.2, -0.15) is 0 Å². The molecule has 3 rings (SSSR count). The third-order valence-corrected chi connectivity index (χ3v) is 4.69. The predicted molar refractivity (Wildman–Crippen MR) is 100 cm³/mol. The van der Waals surface area contributed by atoms with Crippen LogP contribution in [-0.2, 0) is 4.79 Å². The van der Waals surface area contributed by atoms with Gasteiger partial charge in [-0.25, -0.2) is 22.9 Å². The molecule has 0 spiro atoms. The lowest BCUT2D eigenvalue weighted by Crippen LogP contribution is -2.51. The Bertz CT molecular complexity index is 1140. The fraction of sp³-hybridized carbons (Fsp3) is 0.150. The molecular weight excluding hydrogens is 419 g/mol. The lowest BCUT2D eigenvalue weighted by Gasteiger charge is -2.36. The van der Waals surface area contributed by atoms with Crippen molar-refractivity contribution >= 4 is 23.4 Å². The lowest BCUT2D eigenvalue weighted by molar-refractivity contribution is -0.384. The molecule has 11 heteroatoms. The molecular formula is C20H14F3N3O5. The van der Waals surface area contributed by atoms with Crippen LogP contribution in [0.4, 0.5) is 23.7 Å². The number of urea groups is 1. The fourth-order valence-corrected chi connectivity index (χ4v) is 3.32. The smallest absolute Gasteiger partial charge is 0.311 e. The monoisotopic (exact) mass is 433 g/mol. The minimum atomic E-state index is -1.75. The van der Waals surface area contributed by atoms with Gasteiger partial charge in [0.1, 0.15) is 0 Å². The molecule has 0 aliphatic carbocycles. The van der Waals surface area contributed by atoms with Crippen LogP contribution < -0.4 is 5.32 Å². The number of hydrogen-bond donors (Lipinski definition) is 1. The van der Waals surface area contributed by atoms with Gasteiger partial charge in [0.05, 0.1) is 11.0 Å². The minimum Gasteiger partial charge on any atom is -0.311 e. The van der Waals surface area contributed by atoms with Crippen molar-refractivity contribution in [2.75, 3.05) is 0 Å². The van der Waals surface area contributed by atoms with E-state index in [0.29, 0.717) is 17.0 Å². The molecule has 2 aromatic rings. The number of nitro benzene ring substituents is 1. The number of nitrogens with one attached hydrogen (secondary N) is 1. The number of halogens is 3. The summed E-state index contributed by atoms with van der Waals surface area (Å²) in [6, 6.07) is 2.88. The molecule has 1 atom stereocenters. The SMILES string of the molecule is CC(=O)C1=C(C)NC(=O)N(C(=O)c2ccc([N+](=O)[O-])cc2)C1c1cc(F)c(F)c(F)c1. The molecule has 1 aliphatic heterocycles. The number of rotatable bonds is 4. The van der Waals surface area contributed by atoms with Crippen LogP contribution in [0.2, 0.25) is 0 Å². The van der Waals surface area contributed by atoms with E-state index in [0.717, 1.165) is 31.2 Å². The highest BCUT2D eigenvalue weighted by Gasteiger charge is 2.41. The highest BCUT2D eigenvalue weighted by Crippen LogP contribution is 2.36. The van der Waals surface area contributed by atoms with E-state index < -0.39 is 46.1 Å². The van der Waals surface area contributed by atoms with Gasteiger partial charge >= 0.3 is 6.03 Å². The summed E-state index contributed by atoms with van der Waals surface area (Å²) in [4.78, 5) is 48.7.